The number of pyridine rings is 1. The maximum absolute atomic E-state index is 9.23. The van der Waals surface area contributed by atoms with Gasteiger partial charge in [-0.25, -0.2) is 0 Å². The van der Waals surface area contributed by atoms with E-state index in [-0.39, 0.29) is 17.0 Å². The van der Waals surface area contributed by atoms with E-state index in [4.69, 9.17) is 20.9 Å². The fraction of sp³-hybridized carbons (Fsp3) is 0.462. The lowest BCUT2D eigenvalue weighted by Gasteiger charge is -2.32. The predicted molar refractivity (Wildman–Crippen MR) is 76.0 cm³/mol. The predicted octanol–water partition coefficient (Wildman–Crippen LogP) is 3.09. The van der Waals surface area contributed by atoms with Gasteiger partial charge in [0.1, 0.15) is 5.75 Å². The van der Waals surface area contributed by atoms with E-state index < -0.39 is 7.12 Å². The first-order chi connectivity index (χ1) is 8.71. The van der Waals surface area contributed by atoms with Gasteiger partial charge in [-0.15, -0.1) is 0 Å². The lowest BCUT2D eigenvalue weighted by Crippen LogP contribution is -2.41. The summed E-state index contributed by atoms with van der Waals surface area (Å²) in [6.45, 7) is 7.97. The van der Waals surface area contributed by atoms with Crippen molar-refractivity contribution in [3.8, 4) is 5.75 Å². The van der Waals surface area contributed by atoms with E-state index in [1.54, 1.807) is 12.1 Å². The molecule has 1 aromatic rings. The smallest absolute Gasteiger partial charge is 0.487 e. The third kappa shape index (κ3) is 2.94. The Balaban J connectivity index is 2.13. The minimum absolute atomic E-state index is 0.0396. The van der Waals surface area contributed by atoms with E-state index in [2.05, 4.69) is 4.98 Å². The van der Waals surface area contributed by atoms with Gasteiger partial charge in [-0.05, 0) is 33.8 Å². The molecule has 0 aliphatic carbocycles. The minimum Gasteiger partial charge on any atom is -0.506 e. The Morgan fingerprint density at radius 3 is 2.37 bits per heavy atom. The molecular weight excluding hydrogens is 264 g/mol. The van der Waals surface area contributed by atoms with Crippen LogP contribution in [0.3, 0.4) is 0 Å². The maximum Gasteiger partial charge on any atom is 0.487 e. The van der Waals surface area contributed by atoms with Crippen molar-refractivity contribution in [2.45, 2.75) is 38.9 Å². The summed E-state index contributed by atoms with van der Waals surface area (Å²) in [7, 11) is -0.434. The first kappa shape index (κ1) is 14.4. The SMILES string of the molecule is CC1(C)OB(/C=C/c2ncc(O)cc2Cl)OC1(C)C. The zero-order chi connectivity index (χ0) is 14.3. The highest BCUT2D eigenvalue weighted by Gasteiger charge is 2.50. The van der Waals surface area contributed by atoms with Gasteiger partial charge in [0, 0.05) is 6.07 Å². The van der Waals surface area contributed by atoms with Gasteiger partial charge in [-0.2, -0.15) is 0 Å². The van der Waals surface area contributed by atoms with Crippen LogP contribution < -0.4 is 0 Å². The van der Waals surface area contributed by atoms with E-state index in [0.717, 1.165) is 0 Å². The highest BCUT2D eigenvalue weighted by atomic mass is 35.5. The van der Waals surface area contributed by atoms with E-state index >= 15 is 0 Å². The minimum atomic E-state index is -0.434. The first-order valence-corrected chi connectivity index (χ1v) is 6.47. The van der Waals surface area contributed by atoms with Gasteiger partial charge >= 0.3 is 7.12 Å². The normalized spacial score (nSPS) is 21.2. The van der Waals surface area contributed by atoms with Crippen molar-refractivity contribution in [2.24, 2.45) is 0 Å². The summed E-state index contributed by atoms with van der Waals surface area (Å²) in [5.41, 5.74) is -0.170. The summed E-state index contributed by atoms with van der Waals surface area (Å²) in [5, 5.41) is 9.62. The average Bonchev–Trinajstić information content (AvgIpc) is 2.46. The Labute approximate surface area is 118 Å². The van der Waals surface area contributed by atoms with Gasteiger partial charge in [0.2, 0.25) is 0 Å². The molecule has 0 bridgehead atoms. The van der Waals surface area contributed by atoms with Gasteiger partial charge in [0.05, 0.1) is 28.1 Å². The fourth-order valence-electron chi connectivity index (χ4n) is 1.70. The van der Waals surface area contributed by atoms with E-state index in [9.17, 15) is 5.11 Å². The van der Waals surface area contributed by atoms with Gasteiger partial charge in [-0.1, -0.05) is 17.6 Å². The Morgan fingerprint density at radius 1 is 1.26 bits per heavy atom. The van der Waals surface area contributed by atoms with Crippen LogP contribution in [0.5, 0.6) is 5.75 Å². The molecule has 0 unspecified atom stereocenters. The van der Waals surface area contributed by atoms with Crippen molar-refractivity contribution in [1.29, 1.82) is 0 Å². The number of halogens is 1. The second-order valence-electron chi connectivity index (χ2n) is 5.54. The molecule has 0 aromatic carbocycles. The molecule has 6 heteroatoms. The molecule has 0 saturated carbocycles. The van der Waals surface area contributed by atoms with Gasteiger partial charge < -0.3 is 14.4 Å². The van der Waals surface area contributed by atoms with Crippen molar-refractivity contribution < 1.29 is 14.4 Å². The van der Waals surface area contributed by atoms with Crippen molar-refractivity contribution >= 4 is 24.8 Å². The van der Waals surface area contributed by atoms with Crippen LogP contribution in [-0.4, -0.2) is 28.4 Å². The van der Waals surface area contributed by atoms with Crippen molar-refractivity contribution in [2.75, 3.05) is 0 Å². The van der Waals surface area contributed by atoms with Gasteiger partial charge in [-0.3, -0.25) is 4.98 Å². The van der Waals surface area contributed by atoms with E-state index in [0.29, 0.717) is 10.7 Å². The molecule has 0 radical (unpaired) electrons. The molecule has 1 aliphatic heterocycles. The summed E-state index contributed by atoms with van der Waals surface area (Å²) in [4.78, 5) is 4.03. The summed E-state index contributed by atoms with van der Waals surface area (Å²) in [5.74, 6) is 1.81. The second kappa shape index (κ2) is 4.82. The number of nitrogens with zero attached hydrogens (tertiary/aromatic N) is 1. The summed E-state index contributed by atoms with van der Waals surface area (Å²) >= 11 is 5.97. The molecule has 2 rings (SSSR count). The highest BCUT2D eigenvalue weighted by Crippen LogP contribution is 2.37. The molecule has 4 nitrogen and oxygen atoms in total. The van der Waals surface area contributed by atoms with Crippen LogP contribution >= 0.6 is 11.6 Å². The molecule has 102 valence electrons. The van der Waals surface area contributed by atoms with Crippen LogP contribution in [0.25, 0.3) is 6.08 Å². The fourth-order valence-corrected chi connectivity index (χ4v) is 1.92. The zero-order valence-corrected chi connectivity index (χ0v) is 12.2. The molecule has 0 amide bonds. The van der Waals surface area contributed by atoms with Crippen LogP contribution in [0.2, 0.25) is 5.02 Å². The Hall–Kier alpha value is -1.04. The van der Waals surface area contributed by atoms with E-state index in [1.807, 2.05) is 27.7 Å². The standard InChI is InChI=1S/C13H17BClNO3/c1-12(2)13(3,4)19-14(18-12)6-5-11-10(15)7-9(17)8-16-11/h5-8,17H,1-4H3/b6-5+. The lowest BCUT2D eigenvalue weighted by atomic mass is 9.89. The number of rotatable bonds is 2. The third-order valence-electron chi connectivity index (χ3n) is 3.54. The topological polar surface area (TPSA) is 51.6 Å². The Bertz CT molecular complexity index is 501. The number of aromatic hydroxyl groups is 1. The summed E-state index contributed by atoms with van der Waals surface area (Å²) in [6, 6.07) is 1.44. The maximum atomic E-state index is 9.23. The molecule has 1 aliphatic rings. The molecule has 1 N–H and O–H groups in total. The molecule has 1 fully saturated rings. The van der Waals surface area contributed by atoms with Gasteiger partial charge in [0.15, 0.2) is 0 Å². The molecule has 19 heavy (non-hydrogen) atoms. The first-order valence-electron chi connectivity index (χ1n) is 6.10. The average molecular weight is 282 g/mol. The molecule has 2 heterocycles. The monoisotopic (exact) mass is 281 g/mol. The van der Waals surface area contributed by atoms with Crippen LogP contribution in [-0.2, 0) is 9.31 Å². The van der Waals surface area contributed by atoms with Crippen LogP contribution in [0, 0.1) is 0 Å². The van der Waals surface area contributed by atoms with Crippen molar-refractivity contribution in [1.82, 2.24) is 4.98 Å². The molecule has 0 atom stereocenters. The van der Waals surface area contributed by atoms with Crippen LogP contribution in [0.4, 0.5) is 0 Å². The number of aromatic nitrogens is 1. The Morgan fingerprint density at radius 2 is 1.84 bits per heavy atom. The lowest BCUT2D eigenvalue weighted by molar-refractivity contribution is 0.00578. The number of hydrogen-bond donors (Lipinski definition) is 1. The molecule has 1 aromatic heterocycles. The Kier molecular flexibility index (Phi) is 3.64. The molecule has 1 saturated heterocycles. The summed E-state index contributed by atoms with van der Waals surface area (Å²) < 4.78 is 11.6. The second-order valence-corrected chi connectivity index (χ2v) is 5.95. The molecular formula is C13H17BClNO3. The van der Waals surface area contributed by atoms with Crippen molar-refractivity contribution in [3.05, 3.63) is 29.0 Å². The number of hydrogen-bond acceptors (Lipinski definition) is 4. The van der Waals surface area contributed by atoms with E-state index in [1.165, 1.54) is 12.3 Å². The highest BCUT2D eigenvalue weighted by molar-refractivity contribution is 6.52. The third-order valence-corrected chi connectivity index (χ3v) is 3.84. The largest absolute Gasteiger partial charge is 0.506 e. The summed E-state index contributed by atoms with van der Waals surface area (Å²) in [6.07, 6.45) is 3.07. The van der Waals surface area contributed by atoms with Crippen molar-refractivity contribution in [3.63, 3.8) is 0 Å². The molecule has 0 spiro atoms. The van der Waals surface area contributed by atoms with Crippen LogP contribution in [0.1, 0.15) is 33.4 Å². The quantitative estimate of drug-likeness (QED) is 0.846. The van der Waals surface area contributed by atoms with Crippen LogP contribution in [0.15, 0.2) is 18.2 Å². The zero-order valence-electron chi connectivity index (χ0n) is 11.5. The van der Waals surface area contributed by atoms with Gasteiger partial charge in [0.25, 0.3) is 0 Å².